The van der Waals surface area contributed by atoms with E-state index >= 15 is 0 Å². The zero-order chi connectivity index (χ0) is 15.5. The first-order valence-electron chi connectivity index (χ1n) is 7.14. The summed E-state index contributed by atoms with van der Waals surface area (Å²) in [6.45, 7) is 0. The zero-order valence-electron chi connectivity index (χ0n) is 11.8. The Morgan fingerprint density at radius 1 is 1.32 bits per heavy atom. The normalized spacial score (nSPS) is 25.5. The Bertz CT molecular complexity index is 641. The number of thiocarbonyl (C=S) groups is 1. The maximum atomic E-state index is 10.6. The van der Waals surface area contributed by atoms with E-state index in [0.29, 0.717) is 23.0 Å². The van der Waals surface area contributed by atoms with E-state index in [9.17, 15) is 10.1 Å². The van der Waals surface area contributed by atoms with Gasteiger partial charge in [0.15, 0.2) is 5.11 Å². The van der Waals surface area contributed by atoms with E-state index in [1.807, 2.05) is 0 Å². The fourth-order valence-corrected chi connectivity index (χ4v) is 3.20. The molecule has 1 fully saturated rings. The van der Waals surface area contributed by atoms with Crippen LogP contribution < -0.4 is 10.7 Å². The summed E-state index contributed by atoms with van der Waals surface area (Å²) in [5.41, 5.74) is 3.62. The van der Waals surface area contributed by atoms with Crippen LogP contribution in [0.15, 0.2) is 41.5 Å². The Labute approximate surface area is 133 Å². The molecule has 7 heteroatoms. The van der Waals surface area contributed by atoms with Gasteiger partial charge in [-0.25, -0.2) is 0 Å². The monoisotopic (exact) mass is 316 g/mol. The predicted molar refractivity (Wildman–Crippen MR) is 88.7 cm³/mol. The minimum absolute atomic E-state index is 0.0617. The van der Waals surface area contributed by atoms with Crippen LogP contribution in [0.4, 0.5) is 5.69 Å². The van der Waals surface area contributed by atoms with Crippen molar-refractivity contribution in [2.45, 2.75) is 18.9 Å². The maximum Gasteiger partial charge on any atom is 0.269 e. The Morgan fingerprint density at radius 3 is 2.68 bits per heavy atom. The number of rotatable bonds is 4. The van der Waals surface area contributed by atoms with Gasteiger partial charge >= 0.3 is 0 Å². The van der Waals surface area contributed by atoms with Gasteiger partial charge in [-0.15, -0.1) is 0 Å². The highest BCUT2D eigenvalue weighted by Crippen LogP contribution is 2.38. The third-order valence-corrected chi connectivity index (χ3v) is 4.29. The number of nitrogens with zero attached hydrogens (tertiary/aromatic N) is 2. The van der Waals surface area contributed by atoms with E-state index in [4.69, 9.17) is 12.2 Å². The van der Waals surface area contributed by atoms with E-state index < -0.39 is 4.92 Å². The summed E-state index contributed by atoms with van der Waals surface area (Å²) in [4.78, 5) is 10.1. The molecule has 0 amide bonds. The van der Waals surface area contributed by atoms with Crippen molar-refractivity contribution in [3.8, 4) is 0 Å². The van der Waals surface area contributed by atoms with Crippen LogP contribution in [0.2, 0.25) is 0 Å². The number of allylic oxidation sites excluding steroid dienone is 1. The molecule has 0 heterocycles. The van der Waals surface area contributed by atoms with Crippen molar-refractivity contribution in [3.05, 3.63) is 52.1 Å². The molecule has 2 N–H and O–H groups in total. The van der Waals surface area contributed by atoms with Crippen molar-refractivity contribution in [1.29, 1.82) is 0 Å². The van der Waals surface area contributed by atoms with Crippen molar-refractivity contribution in [3.63, 3.8) is 0 Å². The lowest BCUT2D eigenvalue weighted by Gasteiger charge is -2.20. The first kappa shape index (κ1) is 14.6. The summed E-state index contributed by atoms with van der Waals surface area (Å²) in [6, 6.07) is 6.56. The number of nitrogens with one attached hydrogen (secondary N) is 2. The van der Waals surface area contributed by atoms with Crippen molar-refractivity contribution in [2.75, 3.05) is 0 Å². The Kier molecular flexibility index (Phi) is 4.15. The molecule has 0 radical (unpaired) electrons. The molecule has 2 aliphatic rings. The van der Waals surface area contributed by atoms with Crippen molar-refractivity contribution >= 4 is 29.2 Å². The molecule has 1 saturated carbocycles. The molecule has 0 aromatic heterocycles. The standard InChI is InChI=1S/C15H16N4O2S/c20-19(21)13-5-2-10(3-6-13)9-16-18-15(22)17-14-8-11-1-4-12(14)7-11/h1-6,9,11-12,14H,7-8H2,(H2,17,18,22)/b16-9-/t11-,12+,14-/m1/s1. The second kappa shape index (κ2) is 6.23. The predicted octanol–water partition coefficient (Wildman–Crippen LogP) is 2.36. The fraction of sp³-hybridized carbons (Fsp3) is 0.333. The highest BCUT2D eigenvalue weighted by atomic mass is 32.1. The van der Waals surface area contributed by atoms with Crippen LogP contribution in [0.5, 0.6) is 0 Å². The molecule has 114 valence electrons. The van der Waals surface area contributed by atoms with Crippen LogP contribution in [0, 0.1) is 22.0 Å². The van der Waals surface area contributed by atoms with E-state index in [0.717, 1.165) is 12.0 Å². The Balaban J connectivity index is 1.48. The van der Waals surface area contributed by atoms with Gasteiger partial charge in [0, 0.05) is 18.2 Å². The molecular weight excluding hydrogens is 300 g/mol. The third-order valence-electron chi connectivity index (χ3n) is 4.08. The third kappa shape index (κ3) is 3.30. The SMILES string of the molecule is O=[N+]([O-])c1ccc(/C=N\NC(=S)N[C@@H]2C[C@@H]3C=C[C@H]2C3)cc1. The van der Waals surface area contributed by atoms with Crippen LogP contribution in [-0.4, -0.2) is 22.3 Å². The minimum atomic E-state index is -0.429. The summed E-state index contributed by atoms with van der Waals surface area (Å²) in [5, 5.41) is 18.4. The second-order valence-corrected chi connectivity index (χ2v) is 5.99. The summed E-state index contributed by atoms with van der Waals surface area (Å²) in [6.07, 6.45) is 8.46. The summed E-state index contributed by atoms with van der Waals surface area (Å²) >= 11 is 5.23. The number of hydrazone groups is 1. The Hall–Kier alpha value is -2.28. The molecule has 0 spiro atoms. The van der Waals surface area contributed by atoms with E-state index in [2.05, 4.69) is 28.0 Å². The van der Waals surface area contributed by atoms with Crippen molar-refractivity contribution in [1.82, 2.24) is 10.7 Å². The van der Waals surface area contributed by atoms with Gasteiger partial charge < -0.3 is 5.32 Å². The van der Waals surface area contributed by atoms with Crippen LogP contribution in [0.3, 0.4) is 0 Å². The molecule has 3 atom stereocenters. The molecule has 1 aromatic carbocycles. The van der Waals surface area contributed by atoms with Gasteiger partial charge in [0.05, 0.1) is 11.1 Å². The molecule has 0 aliphatic heterocycles. The Morgan fingerprint density at radius 2 is 2.09 bits per heavy atom. The molecular formula is C15H16N4O2S. The first-order valence-corrected chi connectivity index (χ1v) is 7.55. The lowest BCUT2D eigenvalue weighted by molar-refractivity contribution is -0.384. The van der Waals surface area contributed by atoms with Gasteiger partial charge in [0.25, 0.3) is 5.69 Å². The number of non-ortho nitro benzene ring substituents is 1. The van der Waals surface area contributed by atoms with Crippen LogP contribution in [0.25, 0.3) is 0 Å². The van der Waals surface area contributed by atoms with Gasteiger partial charge in [-0.05, 0) is 54.6 Å². The quantitative estimate of drug-likeness (QED) is 0.293. The highest BCUT2D eigenvalue weighted by molar-refractivity contribution is 7.80. The van der Waals surface area contributed by atoms with Gasteiger partial charge in [-0.2, -0.15) is 5.10 Å². The number of hydrogen-bond donors (Lipinski definition) is 2. The molecule has 3 rings (SSSR count). The molecule has 0 saturated heterocycles. The van der Waals surface area contributed by atoms with Gasteiger partial charge in [0.2, 0.25) is 0 Å². The van der Waals surface area contributed by atoms with Gasteiger partial charge in [-0.3, -0.25) is 15.5 Å². The number of nitro groups is 1. The number of nitro benzene ring substituents is 1. The van der Waals surface area contributed by atoms with Gasteiger partial charge in [0.1, 0.15) is 0 Å². The summed E-state index contributed by atoms with van der Waals surface area (Å²) in [7, 11) is 0. The number of fused-ring (bicyclic) bond motifs is 2. The molecule has 2 aliphatic carbocycles. The largest absolute Gasteiger partial charge is 0.358 e. The topological polar surface area (TPSA) is 79.6 Å². The molecule has 0 unspecified atom stereocenters. The lowest BCUT2D eigenvalue weighted by atomic mass is 10.0. The van der Waals surface area contributed by atoms with Crippen LogP contribution in [-0.2, 0) is 0 Å². The molecule has 2 bridgehead atoms. The number of benzene rings is 1. The average Bonchev–Trinajstić information content (AvgIpc) is 3.10. The van der Waals surface area contributed by atoms with E-state index in [1.54, 1.807) is 18.3 Å². The van der Waals surface area contributed by atoms with Gasteiger partial charge in [-0.1, -0.05) is 12.2 Å². The molecule has 1 aromatic rings. The zero-order valence-corrected chi connectivity index (χ0v) is 12.6. The summed E-state index contributed by atoms with van der Waals surface area (Å²) < 4.78 is 0. The molecule has 6 nitrogen and oxygen atoms in total. The van der Waals surface area contributed by atoms with E-state index in [-0.39, 0.29) is 5.69 Å². The molecule has 22 heavy (non-hydrogen) atoms. The maximum absolute atomic E-state index is 10.6. The van der Waals surface area contributed by atoms with Crippen LogP contribution in [0.1, 0.15) is 18.4 Å². The van der Waals surface area contributed by atoms with Crippen LogP contribution >= 0.6 is 12.2 Å². The highest BCUT2D eigenvalue weighted by Gasteiger charge is 2.35. The smallest absolute Gasteiger partial charge is 0.269 e. The first-order chi connectivity index (χ1) is 10.6. The van der Waals surface area contributed by atoms with Crippen molar-refractivity contribution < 1.29 is 4.92 Å². The van der Waals surface area contributed by atoms with Crippen molar-refractivity contribution in [2.24, 2.45) is 16.9 Å². The minimum Gasteiger partial charge on any atom is -0.358 e. The second-order valence-electron chi connectivity index (χ2n) is 5.58. The van der Waals surface area contributed by atoms with E-state index in [1.165, 1.54) is 18.6 Å². The number of hydrogen-bond acceptors (Lipinski definition) is 4. The fourth-order valence-electron chi connectivity index (χ4n) is 2.99. The average molecular weight is 316 g/mol. The lowest BCUT2D eigenvalue weighted by Crippen LogP contribution is -2.42. The summed E-state index contributed by atoms with van der Waals surface area (Å²) in [5.74, 6) is 1.26.